The Labute approximate surface area is 109 Å². The zero-order valence-electron chi connectivity index (χ0n) is 11.2. The van der Waals surface area contributed by atoms with Gasteiger partial charge in [-0.05, 0) is 30.0 Å². The van der Waals surface area contributed by atoms with Crippen LogP contribution in [0.2, 0.25) is 0 Å². The Kier molecular flexibility index (Phi) is 3.16. The van der Waals surface area contributed by atoms with Crippen molar-refractivity contribution in [1.29, 1.82) is 0 Å². The normalized spacial score (nSPS) is 22.4. The van der Waals surface area contributed by atoms with Gasteiger partial charge in [-0.25, -0.2) is 0 Å². The Morgan fingerprint density at radius 1 is 1.33 bits per heavy atom. The Balaban J connectivity index is 1.90. The number of rotatable bonds is 2. The number of ether oxygens (including phenoxy) is 2. The molecule has 1 aromatic carbocycles. The van der Waals surface area contributed by atoms with Gasteiger partial charge < -0.3 is 14.4 Å². The number of benzene rings is 1. The van der Waals surface area contributed by atoms with Crippen LogP contribution in [0.3, 0.4) is 0 Å². The average Bonchev–Trinajstić information content (AvgIpc) is 2.38. The summed E-state index contributed by atoms with van der Waals surface area (Å²) in [6.07, 6.45) is 1.13. The van der Waals surface area contributed by atoms with Crippen LogP contribution in [0, 0.1) is 5.92 Å². The SMILES string of the molecule is CC(C)Cc1ccc2c(c1)N1CCOCC1CO2. The summed E-state index contributed by atoms with van der Waals surface area (Å²) in [7, 11) is 0. The first-order valence-electron chi connectivity index (χ1n) is 6.84. The van der Waals surface area contributed by atoms with Gasteiger partial charge in [-0.1, -0.05) is 19.9 Å². The van der Waals surface area contributed by atoms with Gasteiger partial charge in [-0.2, -0.15) is 0 Å². The molecule has 1 unspecified atom stereocenters. The van der Waals surface area contributed by atoms with Crippen molar-refractivity contribution in [2.24, 2.45) is 5.92 Å². The third-order valence-corrected chi connectivity index (χ3v) is 3.64. The first-order valence-corrected chi connectivity index (χ1v) is 6.84. The van der Waals surface area contributed by atoms with Crippen molar-refractivity contribution in [1.82, 2.24) is 0 Å². The second-order valence-electron chi connectivity index (χ2n) is 5.63. The summed E-state index contributed by atoms with van der Waals surface area (Å²) in [5.41, 5.74) is 2.66. The molecule has 2 aliphatic heterocycles. The van der Waals surface area contributed by atoms with E-state index in [0.29, 0.717) is 12.0 Å². The Bertz CT molecular complexity index is 431. The standard InChI is InChI=1S/C15H21NO2/c1-11(2)7-12-3-4-15-14(8-12)16-5-6-17-9-13(16)10-18-15/h3-4,8,11,13H,5-7,9-10H2,1-2H3. The minimum Gasteiger partial charge on any atom is -0.489 e. The van der Waals surface area contributed by atoms with E-state index < -0.39 is 0 Å². The van der Waals surface area contributed by atoms with Gasteiger partial charge in [-0.15, -0.1) is 0 Å². The third kappa shape index (κ3) is 2.19. The number of fused-ring (bicyclic) bond motifs is 3. The van der Waals surface area contributed by atoms with Crippen molar-refractivity contribution in [3.8, 4) is 5.75 Å². The maximum atomic E-state index is 5.83. The number of hydrogen-bond acceptors (Lipinski definition) is 3. The first-order chi connectivity index (χ1) is 8.74. The fourth-order valence-electron chi connectivity index (χ4n) is 2.80. The summed E-state index contributed by atoms with van der Waals surface area (Å²) in [4.78, 5) is 2.45. The highest BCUT2D eigenvalue weighted by atomic mass is 16.5. The van der Waals surface area contributed by atoms with E-state index in [2.05, 4.69) is 36.9 Å². The number of nitrogens with zero attached hydrogens (tertiary/aromatic N) is 1. The second kappa shape index (κ2) is 4.81. The maximum Gasteiger partial charge on any atom is 0.142 e. The monoisotopic (exact) mass is 247 g/mol. The molecule has 1 aromatic rings. The van der Waals surface area contributed by atoms with Crippen LogP contribution in [-0.2, 0) is 11.2 Å². The van der Waals surface area contributed by atoms with E-state index in [1.807, 2.05) is 0 Å². The van der Waals surface area contributed by atoms with Crippen LogP contribution in [0.4, 0.5) is 5.69 Å². The van der Waals surface area contributed by atoms with Gasteiger partial charge in [0.1, 0.15) is 12.4 Å². The molecule has 0 spiro atoms. The van der Waals surface area contributed by atoms with Crippen LogP contribution in [0.1, 0.15) is 19.4 Å². The summed E-state index contributed by atoms with van der Waals surface area (Å²) in [6.45, 7) is 7.85. The molecule has 1 fully saturated rings. The smallest absolute Gasteiger partial charge is 0.142 e. The lowest BCUT2D eigenvalue weighted by Crippen LogP contribution is -2.51. The Morgan fingerprint density at radius 2 is 2.22 bits per heavy atom. The molecule has 18 heavy (non-hydrogen) atoms. The summed E-state index contributed by atoms with van der Waals surface area (Å²) in [5, 5.41) is 0. The second-order valence-corrected chi connectivity index (χ2v) is 5.63. The molecule has 0 amide bonds. The highest BCUT2D eigenvalue weighted by molar-refractivity contribution is 5.62. The molecule has 98 valence electrons. The van der Waals surface area contributed by atoms with Gasteiger partial charge in [0, 0.05) is 6.54 Å². The molecule has 0 aromatic heterocycles. The molecular weight excluding hydrogens is 226 g/mol. The fourth-order valence-corrected chi connectivity index (χ4v) is 2.80. The minimum atomic E-state index is 0.389. The molecular formula is C15H21NO2. The minimum absolute atomic E-state index is 0.389. The topological polar surface area (TPSA) is 21.7 Å². The highest BCUT2D eigenvalue weighted by Crippen LogP contribution is 2.36. The third-order valence-electron chi connectivity index (χ3n) is 3.64. The zero-order valence-corrected chi connectivity index (χ0v) is 11.2. The molecule has 1 saturated heterocycles. The molecule has 2 heterocycles. The van der Waals surface area contributed by atoms with Crippen LogP contribution >= 0.6 is 0 Å². The van der Waals surface area contributed by atoms with Crippen LogP contribution < -0.4 is 9.64 Å². The summed E-state index contributed by atoms with van der Waals surface area (Å²) >= 11 is 0. The highest BCUT2D eigenvalue weighted by Gasteiger charge is 2.30. The predicted octanol–water partition coefficient (Wildman–Crippen LogP) is 2.48. The van der Waals surface area contributed by atoms with E-state index in [1.54, 1.807) is 0 Å². The van der Waals surface area contributed by atoms with Crippen LogP contribution in [-0.4, -0.2) is 32.4 Å². The fraction of sp³-hybridized carbons (Fsp3) is 0.600. The maximum absolute atomic E-state index is 5.83. The van der Waals surface area contributed by atoms with Gasteiger partial charge in [-0.3, -0.25) is 0 Å². The van der Waals surface area contributed by atoms with Gasteiger partial charge in [0.15, 0.2) is 0 Å². The molecule has 3 rings (SSSR count). The molecule has 3 nitrogen and oxygen atoms in total. The van der Waals surface area contributed by atoms with E-state index in [-0.39, 0.29) is 0 Å². The van der Waals surface area contributed by atoms with Crippen LogP contribution in [0.5, 0.6) is 5.75 Å². The first kappa shape index (κ1) is 11.8. The average molecular weight is 247 g/mol. The van der Waals surface area contributed by atoms with Crippen molar-refractivity contribution >= 4 is 5.69 Å². The number of hydrogen-bond donors (Lipinski definition) is 0. The van der Waals surface area contributed by atoms with Crippen molar-refractivity contribution in [2.45, 2.75) is 26.3 Å². The predicted molar refractivity (Wildman–Crippen MR) is 72.4 cm³/mol. The van der Waals surface area contributed by atoms with Crippen molar-refractivity contribution in [3.05, 3.63) is 23.8 Å². The van der Waals surface area contributed by atoms with Crippen LogP contribution in [0.25, 0.3) is 0 Å². The molecule has 1 atom stereocenters. The van der Waals surface area contributed by atoms with Gasteiger partial charge in [0.2, 0.25) is 0 Å². The zero-order chi connectivity index (χ0) is 12.5. The number of morpholine rings is 1. The van der Waals surface area contributed by atoms with E-state index in [0.717, 1.165) is 38.5 Å². The lowest BCUT2D eigenvalue weighted by Gasteiger charge is -2.41. The van der Waals surface area contributed by atoms with E-state index >= 15 is 0 Å². The quantitative estimate of drug-likeness (QED) is 0.801. The Hall–Kier alpha value is -1.22. The van der Waals surface area contributed by atoms with Crippen LogP contribution in [0.15, 0.2) is 18.2 Å². The molecule has 0 aliphatic carbocycles. The van der Waals surface area contributed by atoms with Crippen molar-refractivity contribution in [2.75, 3.05) is 31.3 Å². The van der Waals surface area contributed by atoms with E-state index in [1.165, 1.54) is 11.3 Å². The lowest BCUT2D eigenvalue weighted by molar-refractivity contribution is 0.0705. The summed E-state index contributed by atoms with van der Waals surface area (Å²) in [5.74, 6) is 1.72. The Morgan fingerprint density at radius 3 is 3.06 bits per heavy atom. The number of anilines is 1. The van der Waals surface area contributed by atoms with E-state index in [9.17, 15) is 0 Å². The van der Waals surface area contributed by atoms with Crippen molar-refractivity contribution < 1.29 is 9.47 Å². The molecule has 2 aliphatic rings. The summed E-state index contributed by atoms with van der Waals surface area (Å²) in [6, 6.07) is 7.01. The summed E-state index contributed by atoms with van der Waals surface area (Å²) < 4.78 is 11.4. The van der Waals surface area contributed by atoms with Crippen molar-refractivity contribution in [3.63, 3.8) is 0 Å². The molecule has 0 saturated carbocycles. The van der Waals surface area contributed by atoms with E-state index in [4.69, 9.17) is 9.47 Å². The molecule has 3 heteroatoms. The van der Waals surface area contributed by atoms with Gasteiger partial charge in [0.05, 0.1) is 24.9 Å². The molecule has 0 bridgehead atoms. The molecule has 0 radical (unpaired) electrons. The largest absolute Gasteiger partial charge is 0.489 e. The lowest BCUT2D eigenvalue weighted by atomic mass is 10.0. The van der Waals surface area contributed by atoms with Gasteiger partial charge in [0.25, 0.3) is 0 Å². The van der Waals surface area contributed by atoms with Gasteiger partial charge >= 0.3 is 0 Å². The molecule has 0 N–H and O–H groups in total.